The van der Waals surface area contributed by atoms with Crippen molar-refractivity contribution in [2.24, 2.45) is 4.99 Å². The van der Waals surface area contributed by atoms with E-state index >= 15 is 0 Å². The van der Waals surface area contributed by atoms with Crippen LogP contribution < -0.4 is 0 Å². The monoisotopic (exact) mass is 365 g/mol. The van der Waals surface area contributed by atoms with E-state index in [1.54, 1.807) is 0 Å². The fourth-order valence-electron chi connectivity index (χ4n) is 2.45. The van der Waals surface area contributed by atoms with E-state index in [1.807, 2.05) is 35.2 Å². The van der Waals surface area contributed by atoms with E-state index in [4.69, 9.17) is 0 Å². The molecule has 130 valence electrons. The normalized spacial score (nSPS) is 16.4. The van der Waals surface area contributed by atoms with Crippen LogP contribution in [0.4, 0.5) is 13.2 Å². The summed E-state index contributed by atoms with van der Waals surface area (Å²) in [6, 6.07) is 10.4. The lowest BCUT2D eigenvalue weighted by Crippen LogP contribution is -2.25. The van der Waals surface area contributed by atoms with Crippen LogP contribution in [0, 0.1) is 0 Å². The van der Waals surface area contributed by atoms with Crippen LogP contribution in [0.3, 0.4) is 0 Å². The average molecular weight is 365 g/mol. The van der Waals surface area contributed by atoms with Gasteiger partial charge in [-0.05, 0) is 11.6 Å². The molecule has 1 aromatic carbocycles. The lowest BCUT2D eigenvalue weighted by atomic mass is 10.1. The Kier molecular flexibility index (Phi) is 5.08. The Morgan fingerprint density at radius 1 is 1.24 bits per heavy atom. The Labute approximate surface area is 146 Å². The number of halogens is 3. The van der Waals surface area contributed by atoms with Gasteiger partial charge in [0.2, 0.25) is 0 Å². The number of carbonyl (C=O) groups is 1. The number of alkyl halides is 3. The average Bonchev–Trinajstić information content (AvgIpc) is 3.02. The van der Waals surface area contributed by atoms with Crippen molar-refractivity contribution in [3.05, 3.63) is 65.5 Å². The number of hydrogen-bond donors (Lipinski definition) is 0. The van der Waals surface area contributed by atoms with Gasteiger partial charge in [0.1, 0.15) is 0 Å². The zero-order valence-corrected chi connectivity index (χ0v) is 13.8. The molecule has 4 nitrogen and oxygen atoms in total. The summed E-state index contributed by atoms with van der Waals surface area (Å²) in [5.41, 5.74) is -0.508. The topological polar surface area (TPSA) is 45.6 Å². The molecule has 0 N–H and O–H groups in total. The molecule has 0 bridgehead atoms. The molecule has 1 aromatic heterocycles. The van der Waals surface area contributed by atoms with Gasteiger partial charge in [0.15, 0.2) is 5.17 Å². The van der Waals surface area contributed by atoms with Gasteiger partial charge in [-0.1, -0.05) is 42.1 Å². The summed E-state index contributed by atoms with van der Waals surface area (Å²) in [6.07, 6.45) is -2.70. The Hall–Kier alpha value is -2.35. The molecule has 1 saturated heterocycles. The lowest BCUT2D eigenvalue weighted by molar-refractivity contribution is -0.138. The van der Waals surface area contributed by atoms with Crippen LogP contribution in [0.15, 0.2) is 53.8 Å². The number of benzene rings is 1. The Bertz CT molecular complexity index is 793. The standard InChI is InChI=1S/C17H14F3N3OS/c18-17(19,20)14-6-7-21-10-13(14)15(24)22-16-23(8-9-25-16)11-12-4-2-1-3-5-12/h1-7,10H,8-9,11H2/b22-16-. The number of amides is 1. The third-order valence-corrected chi connectivity index (χ3v) is 4.63. The molecule has 0 atom stereocenters. The molecule has 1 amide bonds. The zero-order chi connectivity index (χ0) is 17.9. The minimum Gasteiger partial charge on any atom is -0.346 e. The second kappa shape index (κ2) is 7.26. The van der Waals surface area contributed by atoms with E-state index in [-0.39, 0.29) is 0 Å². The van der Waals surface area contributed by atoms with Crippen molar-refractivity contribution in [3.63, 3.8) is 0 Å². The summed E-state index contributed by atoms with van der Waals surface area (Å²) < 4.78 is 39.1. The van der Waals surface area contributed by atoms with E-state index < -0.39 is 23.2 Å². The summed E-state index contributed by atoms with van der Waals surface area (Å²) in [7, 11) is 0. The van der Waals surface area contributed by atoms with Crippen LogP contribution in [-0.2, 0) is 12.7 Å². The molecule has 2 heterocycles. The van der Waals surface area contributed by atoms with Crippen molar-refractivity contribution in [1.82, 2.24) is 9.88 Å². The third-order valence-electron chi connectivity index (χ3n) is 3.63. The van der Waals surface area contributed by atoms with Gasteiger partial charge in [0.05, 0.1) is 11.1 Å². The first-order chi connectivity index (χ1) is 11.9. The van der Waals surface area contributed by atoms with Crippen molar-refractivity contribution in [2.75, 3.05) is 12.3 Å². The van der Waals surface area contributed by atoms with Crippen molar-refractivity contribution < 1.29 is 18.0 Å². The van der Waals surface area contributed by atoms with Gasteiger partial charge < -0.3 is 4.90 Å². The first-order valence-corrected chi connectivity index (χ1v) is 8.49. The highest BCUT2D eigenvalue weighted by Gasteiger charge is 2.35. The van der Waals surface area contributed by atoms with Crippen LogP contribution in [0.25, 0.3) is 0 Å². The third kappa shape index (κ3) is 4.19. The lowest BCUT2D eigenvalue weighted by Gasteiger charge is -2.17. The predicted molar refractivity (Wildman–Crippen MR) is 90.3 cm³/mol. The van der Waals surface area contributed by atoms with E-state index in [0.717, 1.165) is 29.8 Å². The predicted octanol–water partition coefficient (Wildman–Crippen LogP) is 3.85. The number of aromatic nitrogens is 1. The molecule has 1 aliphatic heterocycles. The maximum atomic E-state index is 13.0. The number of nitrogens with zero attached hydrogens (tertiary/aromatic N) is 3. The quantitative estimate of drug-likeness (QED) is 0.829. The van der Waals surface area contributed by atoms with Gasteiger partial charge in [-0.2, -0.15) is 18.2 Å². The molecule has 1 fully saturated rings. The van der Waals surface area contributed by atoms with Crippen molar-refractivity contribution in [1.29, 1.82) is 0 Å². The first kappa shape index (κ1) is 17.5. The second-order valence-corrected chi connectivity index (χ2v) is 6.44. The van der Waals surface area contributed by atoms with Gasteiger partial charge in [-0.25, -0.2) is 0 Å². The fraction of sp³-hybridized carbons (Fsp3) is 0.235. The molecule has 0 spiro atoms. The maximum Gasteiger partial charge on any atom is 0.417 e. The minimum absolute atomic E-state index is 0.436. The Balaban J connectivity index is 1.83. The highest BCUT2D eigenvalue weighted by Crippen LogP contribution is 2.32. The molecule has 25 heavy (non-hydrogen) atoms. The summed E-state index contributed by atoms with van der Waals surface area (Å²) in [5.74, 6) is -0.194. The molecule has 1 aliphatic rings. The molecular weight excluding hydrogens is 351 g/mol. The van der Waals surface area contributed by atoms with Crippen molar-refractivity contribution >= 4 is 22.8 Å². The van der Waals surface area contributed by atoms with E-state index in [9.17, 15) is 18.0 Å². The van der Waals surface area contributed by atoms with Gasteiger partial charge in [0.25, 0.3) is 5.91 Å². The summed E-state index contributed by atoms with van der Waals surface area (Å²) in [5, 5.41) is 0.436. The number of aliphatic imine (C=N–C) groups is 1. The number of thioether (sulfide) groups is 1. The first-order valence-electron chi connectivity index (χ1n) is 7.51. The highest BCUT2D eigenvalue weighted by atomic mass is 32.2. The molecule has 3 rings (SSSR count). The fourth-order valence-corrected chi connectivity index (χ4v) is 3.43. The molecule has 2 aromatic rings. The summed E-state index contributed by atoms with van der Waals surface area (Å²) in [6.45, 7) is 1.24. The van der Waals surface area contributed by atoms with Crippen LogP contribution in [-0.4, -0.2) is 33.3 Å². The summed E-state index contributed by atoms with van der Waals surface area (Å²) >= 11 is 1.36. The molecular formula is C17H14F3N3OS. The SMILES string of the molecule is O=C(/N=C1\SCCN1Cc1ccccc1)c1cnccc1C(F)(F)F. The number of rotatable bonds is 3. The summed E-state index contributed by atoms with van der Waals surface area (Å²) in [4.78, 5) is 21.7. The minimum atomic E-state index is -4.62. The smallest absolute Gasteiger partial charge is 0.346 e. The Morgan fingerprint density at radius 3 is 2.72 bits per heavy atom. The van der Waals surface area contributed by atoms with E-state index in [2.05, 4.69) is 9.98 Å². The van der Waals surface area contributed by atoms with Crippen LogP contribution in [0.5, 0.6) is 0 Å². The van der Waals surface area contributed by atoms with Crippen LogP contribution in [0.1, 0.15) is 21.5 Å². The molecule has 0 radical (unpaired) electrons. The van der Waals surface area contributed by atoms with Crippen LogP contribution in [0.2, 0.25) is 0 Å². The van der Waals surface area contributed by atoms with Crippen molar-refractivity contribution in [2.45, 2.75) is 12.7 Å². The van der Waals surface area contributed by atoms with Gasteiger partial charge in [-0.15, -0.1) is 0 Å². The zero-order valence-electron chi connectivity index (χ0n) is 13.0. The molecule has 0 saturated carbocycles. The van der Waals surface area contributed by atoms with Gasteiger partial charge in [-0.3, -0.25) is 9.78 Å². The van der Waals surface area contributed by atoms with E-state index in [1.165, 1.54) is 11.8 Å². The maximum absolute atomic E-state index is 13.0. The number of hydrogen-bond acceptors (Lipinski definition) is 3. The van der Waals surface area contributed by atoms with Crippen LogP contribution >= 0.6 is 11.8 Å². The van der Waals surface area contributed by atoms with E-state index in [0.29, 0.717) is 18.3 Å². The largest absolute Gasteiger partial charge is 0.417 e. The highest BCUT2D eigenvalue weighted by molar-refractivity contribution is 8.14. The number of carbonyl (C=O) groups excluding carboxylic acids is 1. The Morgan fingerprint density at radius 2 is 2.00 bits per heavy atom. The molecule has 8 heteroatoms. The number of amidine groups is 1. The van der Waals surface area contributed by atoms with Gasteiger partial charge in [0, 0.05) is 31.2 Å². The van der Waals surface area contributed by atoms with Gasteiger partial charge >= 0.3 is 6.18 Å². The second-order valence-electron chi connectivity index (χ2n) is 5.37. The molecule has 0 unspecified atom stereocenters. The van der Waals surface area contributed by atoms with Crippen molar-refractivity contribution in [3.8, 4) is 0 Å². The molecule has 0 aliphatic carbocycles. The number of pyridine rings is 1.